The Hall–Kier alpha value is -1.45. The number of sulfonamides is 1. The first-order valence-electron chi connectivity index (χ1n) is 7.42. The molecule has 0 spiro atoms. The minimum Gasteiger partial charge on any atom is -0.212 e. The third-order valence-electron chi connectivity index (χ3n) is 3.27. The zero-order valence-electron chi connectivity index (χ0n) is 14.2. The van der Waals surface area contributed by atoms with Crippen LogP contribution in [0.1, 0.15) is 30.5 Å². The van der Waals surface area contributed by atoms with Crippen molar-refractivity contribution in [3.8, 4) is 6.07 Å². The van der Waals surface area contributed by atoms with Gasteiger partial charge in [-0.3, -0.25) is 0 Å². The molecule has 0 N–H and O–H groups in total. The molecule has 4 nitrogen and oxygen atoms in total. The summed E-state index contributed by atoms with van der Waals surface area (Å²) in [6.07, 6.45) is -9.95. The van der Waals surface area contributed by atoms with Gasteiger partial charge < -0.3 is 0 Å². The summed E-state index contributed by atoms with van der Waals surface area (Å²) in [4.78, 5) is 0. The molecule has 0 radical (unpaired) electrons. The van der Waals surface area contributed by atoms with Crippen LogP contribution in [0.15, 0.2) is 18.2 Å². The molecule has 0 saturated carbocycles. The van der Waals surface area contributed by atoms with E-state index in [2.05, 4.69) is 0 Å². The van der Waals surface area contributed by atoms with Crippen molar-refractivity contribution < 1.29 is 34.8 Å². The normalized spacial score (nSPS) is 13.2. The van der Waals surface area contributed by atoms with E-state index in [1.54, 1.807) is 19.9 Å². The van der Waals surface area contributed by atoms with Crippen LogP contribution in [0.2, 0.25) is 0 Å². The quantitative estimate of drug-likeness (QED) is 0.361. The van der Waals surface area contributed by atoms with Crippen molar-refractivity contribution in [1.29, 1.82) is 5.26 Å². The zero-order chi connectivity index (χ0) is 21.0. The molecule has 1 rings (SSSR count). The van der Waals surface area contributed by atoms with E-state index in [0.717, 1.165) is 11.8 Å². The highest BCUT2D eigenvalue weighted by atomic mass is 32.2. The van der Waals surface area contributed by atoms with Crippen molar-refractivity contribution in [2.45, 2.75) is 37.2 Å². The van der Waals surface area contributed by atoms with Crippen molar-refractivity contribution in [2.75, 3.05) is 12.4 Å². The molecule has 0 heterocycles. The predicted molar refractivity (Wildman–Crippen MR) is 89.0 cm³/mol. The lowest BCUT2D eigenvalue weighted by atomic mass is 10.0. The second kappa shape index (κ2) is 8.70. The standard InChI is InChI=1S/C15H16F6N2O2S2/c1-10(2)26-9-23(6-5-22)27(24,25)8-11-7-12(14(16,17)18)3-4-13(11)15(19,20)21/h3-4,7,10H,6,8-9H2,1-2H3. The molecule has 0 atom stereocenters. The number of hydrogen-bond acceptors (Lipinski definition) is 4. The van der Waals surface area contributed by atoms with Crippen LogP contribution in [-0.2, 0) is 28.1 Å². The molecular formula is C15H16F6N2O2S2. The number of alkyl halides is 6. The van der Waals surface area contributed by atoms with E-state index in [9.17, 15) is 34.8 Å². The Balaban J connectivity index is 3.35. The largest absolute Gasteiger partial charge is 0.416 e. The molecule has 0 bridgehead atoms. The molecule has 0 amide bonds. The first kappa shape index (κ1) is 23.6. The fraction of sp³-hybridized carbons (Fsp3) is 0.533. The van der Waals surface area contributed by atoms with Crippen molar-refractivity contribution in [3.63, 3.8) is 0 Å². The molecule has 1 aromatic rings. The minimum atomic E-state index is -5.03. The smallest absolute Gasteiger partial charge is 0.212 e. The van der Waals surface area contributed by atoms with Gasteiger partial charge in [0, 0.05) is 5.25 Å². The van der Waals surface area contributed by atoms with E-state index in [4.69, 9.17) is 5.26 Å². The van der Waals surface area contributed by atoms with E-state index in [0.29, 0.717) is 4.31 Å². The van der Waals surface area contributed by atoms with Gasteiger partial charge in [0.2, 0.25) is 10.0 Å². The SMILES string of the molecule is CC(C)SCN(CC#N)S(=O)(=O)Cc1cc(C(F)(F)F)ccc1C(F)(F)F. The van der Waals surface area contributed by atoms with Gasteiger partial charge in [0.15, 0.2) is 0 Å². The molecule has 1 aromatic carbocycles. The zero-order valence-corrected chi connectivity index (χ0v) is 15.9. The number of nitriles is 1. The fourth-order valence-electron chi connectivity index (χ4n) is 1.99. The van der Waals surface area contributed by atoms with Gasteiger partial charge in [-0.15, -0.1) is 11.8 Å². The van der Waals surface area contributed by atoms with Gasteiger partial charge in [0.25, 0.3) is 0 Å². The monoisotopic (exact) mass is 434 g/mol. The highest BCUT2D eigenvalue weighted by Crippen LogP contribution is 2.37. The highest BCUT2D eigenvalue weighted by molar-refractivity contribution is 8.00. The Bertz CT molecular complexity index is 798. The molecule has 0 aromatic heterocycles. The average Bonchev–Trinajstić information content (AvgIpc) is 2.48. The second-order valence-corrected chi connectivity index (χ2v) is 9.24. The van der Waals surface area contributed by atoms with Crippen LogP contribution < -0.4 is 0 Å². The molecule has 0 aliphatic heterocycles. The Kier molecular flexibility index (Phi) is 7.60. The van der Waals surface area contributed by atoms with Crippen LogP contribution in [0.25, 0.3) is 0 Å². The molecular weight excluding hydrogens is 418 g/mol. The van der Waals surface area contributed by atoms with Crippen molar-refractivity contribution in [1.82, 2.24) is 4.31 Å². The maximum absolute atomic E-state index is 13.1. The van der Waals surface area contributed by atoms with E-state index in [-0.39, 0.29) is 29.3 Å². The Labute approximate surface area is 157 Å². The lowest BCUT2D eigenvalue weighted by molar-refractivity contribution is -0.141. The summed E-state index contributed by atoms with van der Waals surface area (Å²) in [5.74, 6) is -1.50. The summed E-state index contributed by atoms with van der Waals surface area (Å²) in [6, 6.07) is 2.24. The van der Waals surface area contributed by atoms with Crippen molar-refractivity contribution in [2.24, 2.45) is 0 Å². The van der Waals surface area contributed by atoms with Crippen LogP contribution in [0, 0.1) is 11.3 Å². The van der Waals surface area contributed by atoms with Gasteiger partial charge in [-0.1, -0.05) is 13.8 Å². The fourth-order valence-corrected chi connectivity index (χ4v) is 4.44. The molecule has 0 aliphatic carbocycles. The van der Waals surface area contributed by atoms with Crippen LogP contribution >= 0.6 is 11.8 Å². The van der Waals surface area contributed by atoms with Gasteiger partial charge in [0.1, 0.15) is 6.54 Å². The van der Waals surface area contributed by atoms with E-state index in [1.807, 2.05) is 0 Å². The third kappa shape index (κ3) is 6.90. The third-order valence-corrected chi connectivity index (χ3v) is 6.28. The van der Waals surface area contributed by atoms with Crippen molar-refractivity contribution >= 4 is 21.8 Å². The Morgan fingerprint density at radius 2 is 1.74 bits per heavy atom. The first-order chi connectivity index (χ1) is 12.2. The Morgan fingerprint density at radius 3 is 2.19 bits per heavy atom. The van der Waals surface area contributed by atoms with Crippen LogP contribution in [0.4, 0.5) is 26.3 Å². The minimum absolute atomic E-state index is 0.0271. The molecule has 12 heteroatoms. The number of nitrogens with zero attached hydrogens (tertiary/aromatic N) is 2. The van der Waals surface area contributed by atoms with E-state index >= 15 is 0 Å². The predicted octanol–water partition coefficient (Wildman–Crippen LogP) is 4.48. The lowest BCUT2D eigenvalue weighted by Crippen LogP contribution is -2.33. The maximum atomic E-state index is 13.1. The highest BCUT2D eigenvalue weighted by Gasteiger charge is 2.38. The van der Waals surface area contributed by atoms with Gasteiger partial charge in [0.05, 0.1) is 28.8 Å². The van der Waals surface area contributed by atoms with Crippen LogP contribution in [-0.4, -0.2) is 30.4 Å². The lowest BCUT2D eigenvalue weighted by Gasteiger charge is -2.22. The number of rotatable bonds is 7. The van der Waals surface area contributed by atoms with Crippen molar-refractivity contribution in [3.05, 3.63) is 34.9 Å². The van der Waals surface area contributed by atoms with Gasteiger partial charge in [-0.2, -0.15) is 35.9 Å². The van der Waals surface area contributed by atoms with E-state index in [1.165, 1.54) is 0 Å². The number of halogens is 6. The number of thioether (sulfide) groups is 1. The van der Waals surface area contributed by atoms with Crippen LogP contribution in [0.5, 0.6) is 0 Å². The molecule has 0 unspecified atom stereocenters. The van der Waals surface area contributed by atoms with Gasteiger partial charge in [-0.25, -0.2) is 8.42 Å². The summed E-state index contributed by atoms with van der Waals surface area (Å²) in [7, 11) is -4.46. The van der Waals surface area contributed by atoms with E-state index < -0.39 is 51.4 Å². The molecule has 0 fully saturated rings. The van der Waals surface area contributed by atoms with Crippen LogP contribution in [0.3, 0.4) is 0 Å². The average molecular weight is 434 g/mol. The van der Waals surface area contributed by atoms with Gasteiger partial charge >= 0.3 is 12.4 Å². The summed E-state index contributed by atoms with van der Waals surface area (Å²) < 4.78 is 103. The summed E-state index contributed by atoms with van der Waals surface area (Å²) in [6.45, 7) is 2.87. The maximum Gasteiger partial charge on any atom is 0.416 e. The summed E-state index contributed by atoms with van der Waals surface area (Å²) in [5.41, 5.74) is -3.87. The second-order valence-electron chi connectivity index (χ2n) is 5.74. The molecule has 0 aliphatic rings. The number of benzene rings is 1. The summed E-state index contributed by atoms with van der Waals surface area (Å²) in [5, 5.41) is 8.74. The summed E-state index contributed by atoms with van der Waals surface area (Å²) >= 11 is 1.13. The topological polar surface area (TPSA) is 61.2 Å². The Morgan fingerprint density at radius 1 is 1.15 bits per heavy atom. The van der Waals surface area contributed by atoms with Gasteiger partial charge in [-0.05, 0) is 23.8 Å². The molecule has 27 heavy (non-hydrogen) atoms. The first-order valence-corrected chi connectivity index (χ1v) is 10.1. The number of hydrogen-bond donors (Lipinski definition) is 0. The molecule has 152 valence electrons. The molecule has 0 saturated heterocycles.